The lowest BCUT2D eigenvalue weighted by molar-refractivity contribution is -0.142. The van der Waals surface area contributed by atoms with Gasteiger partial charge in [0.1, 0.15) is 11.8 Å². The van der Waals surface area contributed by atoms with Gasteiger partial charge in [0, 0.05) is 0 Å². The van der Waals surface area contributed by atoms with Crippen LogP contribution in [-0.4, -0.2) is 41.3 Å². The standard InChI is InChI=1S/C13H17NO5/c1-2-19-10-5-3-9(4-6-10)7-12(16)14-11(8-15)13(17)18/h3-6,11,15H,2,7-8H2,1H3,(H,14,16)(H,17,18)/t11-/m0/s1. The molecule has 0 radical (unpaired) electrons. The Morgan fingerprint density at radius 1 is 1.32 bits per heavy atom. The van der Waals surface area contributed by atoms with Crippen LogP contribution >= 0.6 is 0 Å². The third-order valence-electron chi connectivity index (χ3n) is 2.41. The average molecular weight is 267 g/mol. The zero-order valence-corrected chi connectivity index (χ0v) is 10.6. The SMILES string of the molecule is CCOc1ccc(CC(=O)N[C@@H](CO)C(=O)O)cc1. The maximum absolute atomic E-state index is 11.6. The van der Waals surface area contributed by atoms with Crippen LogP contribution in [0.4, 0.5) is 0 Å². The van der Waals surface area contributed by atoms with Gasteiger partial charge < -0.3 is 20.3 Å². The van der Waals surface area contributed by atoms with E-state index in [0.717, 1.165) is 5.56 Å². The van der Waals surface area contributed by atoms with Gasteiger partial charge in [-0.2, -0.15) is 0 Å². The molecule has 0 heterocycles. The van der Waals surface area contributed by atoms with E-state index < -0.39 is 24.5 Å². The minimum atomic E-state index is -1.27. The molecular formula is C13H17NO5. The summed E-state index contributed by atoms with van der Waals surface area (Å²) in [6, 6.07) is 5.69. The fraction of sp³-hybridized carbons (Fsp3) is 0.385. The fourth-order valence-corrected chi connectivity index (χ4v) is 1.49. The van der Waals surface area contributed by atoms with Crippen LogP contribution < -0.4 is 10.1 Å². The number of carboxylic acid groups (broad SMARTS) is 1. The fourth-order valence-electron chi connectivity index (χ4n) is 1.49. The summed E-state index contributed by atoms with van der Waals surface area (Å²) in [6.45, 7) is 1.81. The summed E-state index contributed by atoms with van der Waals surface area (Å²) in [5, 5.41) is 19.7. The van der Waals surface area contributed by atoms with E-state index in [1.54, 1.807) is 24.3 Å². The summed E-state index contributed by atoms with van der Waals surface area (Å²) < 4.78 is 5.27. The van der Waals surface area contributed by atoms with E-state index in [-0.39, 0.29) is 6.42 Å². The molecule has 0 spiro atoms. The quantitative estimate of drug-likeness (QED) is 0.655. The van der Waals surface area contributed by atoms with Crippen molar-refractivity contribution in [2.24, 2.45) is 0 Å². The monoisotopic (exact) mass is 267 g/mol. The van der Waals surface area contributed by atoms with Crippen LogP contribution in [0.15, 0.2) is 24.3 Å². The van der Waals surface area contributed by atoms with Crippen LogP contribution in [0.25, 0.3) is 0 Å². The zero-order valence-electron chi connectivity index (χ0n) is 10.6. The van der Waals surface area contributed by atoms with Gasteiger partial charge in [-0.1, -0.05) is 12.1 Å². The first-order valence-corrected chi connectivity index (χ1v) is 5.91. The van der Waals surface area contributed by atoms with Crippen LogP contribution in [0.5, 0.6) is 5.75 Å². The number of nitrogens with one attached hydrogen (secondary N) is 1. The molecule has 3 N–H and O–H groups in total. The Kier molecular flexibility index (Phi) is 5.81. The number of carboxylic acids is 1. The van der Waals surface area contributed by atoms with Gasteiger partial charge in [-0.15, -0.1) is 0 Å². The number of aliphatic hydroxyl groups is 1. The Bertz CT molecular complexity index is 429. The molecular weight excluding hydrogens is 250 g/mol. The van der Waals surface area contributed by atoms with Crippen molar-refractivity contribution >= 4 is 11.9 Å². The molecule has 0 aliphatic carbocycles. The number of benzene rings is 1. The first-order valence-electron chi connectivity index (χ1n) is 5.91. The summed E-state index contributed by atoms with van der Waals surface area (Å²) in [7, 11) is 0. The van der Waals surface area contributed by atoms with Crippen LogP contribution in [0.2, 0.25) is 0 Å². The molecule has 1 atom stereocenters. The maximum Gasteiger partial charge on any atom is 0.328 e. The lowest BCUT2D eigenvalue weighted by Gasteiger charge is -2.11. The van der Waals surface area contributed by atoms with E-state index in [0.29, 0.717) is 12.4 Å². The van der Waals surface area contributed by atoms with Gasteiger partial charge in [0.15, 0.2) is 0 Å². The molecule has 19 heavy (non-hydrogen) atoms. The number of hydrogen-bond acceptors (Lipinski definition) is 4. The highest BCUT2D eigenvalue weighted by Gasteiger charge is 2.18. The summed E-state index contributed by atoms with van der Waals surface area (Å²) in [5.74, 6) is -1.00. The predicted molar refractivity (Wildman–Crippen MR) is 68.0 cm³/mol. The van der Waals surface area contributed by atoms with E-state index in [4.69, 9.17) is 14.9 Å². The number of aliphatic carboxylic acids is 1. The van der Waals surface area contributed by atoms with Crippen LogP contribution in [-0.2, 0) is 16.0 Å². The van der Waals surface area contributed by atoms with Crippen molar-refractivity contribution in [1.82, 2.24) is 5.32 Å². The molecule has 1 amide bonds. The number of rotatable bonds is 7. The van der Waals surface area contributed by atoms with Crippen molar-refractivity contribution in [3.05, 3.63) is 29.8 Å². The molecule has 0 aliphatic heterocycles. The van der Waals surface area contributed by atoms with Crippen molar-refractivity contribution in [3.8, 4) is 5.75 Å². The molecule has 0 aliphatic rings. The first kappa shape index (κ1) is 15.0. The highest BCUT2D eigenvalue weighted by Crippen LogP contribution is 2.12. The van der Waals surface area contributed by atoms with E-state index in [9.17, 15) is 9.59 Å². The van der Waals surface area contributed by atoms with Gasteiger partial charge in [0.25, 0.3) is 0 Å². The Morgan fingerprint density at radius 2 is 1.95 bits per heavy atom. The average Bonchev–Trinajstić information content (AvgIpc) is 2.38. The normalized spacial score (nSPS) is 11.7. The number of ether oxygens (including phenoxy) is 1. The second-order valence-corrected chi connectivity index (χ2v) is 3.89. The van der Waals surface area contributed by atoms with Gasteiger partial charge in [0.2, 0.25) is 5.91 Å². The Morgan fingerprint density at radius 3 is 2.42 bits per heavy atom. The summed E-state index contributed by atoms with van der Waals surface area (Å²) in [4.78, 5) is 22.2. The third-order valence-corrected chi connectivity index (χ3v) is 2.41. The van der Waals surface area contributed by atoms with Gasteiger partial charge in [-0.25, -0.2) is 4.79 Å². The van der Waals surface area contributed by atoms with Gasteiger partial charge in [0.05, 0.1) is 19.6 Å². The number of carbonyl (C=O) groups excluding carboxylic acids is 1. The number of amides is 1. The summed E-state index contributed by atoms with van der Waals surface area (Å²) >= 11 is 0. The maximum atomic E-state index is 11.6. The topological polar surface area (TPSA) is 95.9 Å². The number of hydrogen-bond donors (Lipinski definition) is 3. The molecule has 1 aromatic carbocycles. The molecule has 6 heteroatoms. The third kappa shape index (κ3) is 4.97. The largest absolute Gasteiger partial charge is 0.494 e. The lowest BCUT2D eigenvalue weighted by Crippen LogP contribution is -2.43. The van der Waals surface area contributed by atoms with Gasteiger partial charge >= 0.3 is 5.97 Å². The summed E-state index contributed by atoms with van der Waals surface area (Å²) in [6.07, 6.45) is 0.0518. The van der Waals surface area contributed by atoms with Crippen molar-refractivity contribution in [2.75, 3.05) is 13.2 Å². The molecule has 0 aromatic heterocycles. The molecule has 1 rings (SSSR count). The van der Waals surface area contributed by atoms with E-state index in [1.807, 2.05) is 6.92 Å². The Balaban J connectivity index is 2.54. The molecule has 0 saturated carbocycles. The van der Waals surface area contributed by atoms with Crippen molar-refractivity contribution in [3.63, 3.8) is 0 Å². The molecule has 1 aromatic rings. The minimum absolute atomic E-state index is 0.0518. The van der Waals surface area contributed by atoms with Crippen molar-refractivity contribution in [2.45, 2.75) is 19.4 Å². The molecule has 104 valence electrons. The smallest absolute Gasteiger partial charge is 0.328 e. The van der Waals surface area contributed by atoms with E-state index in [2.05, 4.69) is 5.32 Å². The molecule has 0 bridgehead atoms. The highest BCUT2D eigenvalue weighted by molar-refractivity contribution is 5.84. The highest BCUT2D eigenvalue weighted by atomic mass is 16.5. The lowest BCUT2D eigenvalue weighted by atomic mass is 10.1. The van der Waals surface area contributed by atoms with Crippen molar-refractivity contribution < 1.29 is 24.5 Å². The molecule has 0 saturated heterocycles. The summed E-state index contributed by atoms with van der Waals surface area (Å²) in [5.41, 5.74) is 0.739. The Hall–Kier alpha value is -2.08. The molecule has 6 nitrogen and oxygen atoms in total. The van der Waals surface area contributed by atoms with Gasteiger partial charge in [-0.05, 0) is 24.6 Å². The molecule has 0 unspecified atom stereocenters. The van der Waals surface area contributed by atoms with E-state index in [1.165, 1.54) is 0 Å². The minimum Gasteiger partial charge on any atom is -0.494 e. The van der Waals surface area contributed by atoms with Crippen LogP contribution in [0, 0.1) is 0 Å². The first-order chi connectivity index (χ1) is 9.06. The molecule has 0 fully saturated rings. The second-order valence-electron chi connectivity index (χ2n) is 3.89. The van der Waals surface area contributed by atoms with Crippen LogP contribution in [0.3, 0.4) is 0 Å². The van der Waals surface area contributed by atoms with Crippen LogP contribution in [0.1, 0.15) is 12.5 Å². The number of aliphatic hydroxyl groups excluding tert-OH is 1. The van der Waals surface area contributed by atoms with Gasteiger partial charge in [-0.3, -0.25) is 4.79 Å². The second kappa shape index (κ2) is 7.38. The predicted octanol–water partition coefficient (Wildman–Crippen LogP) is 0.189. The van der Waals surface area contributed by atoms with E-state index >= 15 is 0 Å². The number of carbonyl (C=O) groups is 2. The Labute approximate surface area is 111 Å². The zero-order chi connectivity index (χ0) is 14.3. The van der Waals surface area contributed by atoms with Crippen molar-refractivity contribution in [1.29, 1.82) is 0 Å².